The third kappa shape index (κ3) is 9.36. The first kappa shape index (κ1) is 43.4. The zero-order chi connectivity index (χ0) is 41.2. The SMILES string of the molecule is C.Fc1c(Cl)cccc1C1(Nc2ncc(-c3nnc(C(F)(F)F)o3)cn2)CCC1.O=C(NNC(=O)C(F)(F)F)c1cnc(NC2(c3cccc(Cl)c3F)CCC2)nc1. The van der Waals surface area contributed by atoms with Crippen LogP contribution in [0, 0.1) is 11.6 Å². The van der Waals surface area contributed by atoms with Crippen LogP contribution in [0.3, 0.4) is 0 Å². The number of hydrogen-bond acceptors (Lipinski definition) is 11. The molecule has 2 aliphatic rings. The van der Waals surface area contributed by atoms with E-state index in [0.29, 0.717) is 36.8 Å². The molecule has 2 amide bonds. The lowest BCUT2D eigenvalue weighted by molar-refractivity contribution is -0.174. The van der Waals surface area contributed by atoms with Crippen LogP contribution in [0.5, 0.6) is 0 Å². The molecule has 0 spiro atoms. The highest BCUT2D eigenvalue weighted by Crippen LogP contribution is 2.46. The number of anilines is 2. The van der Waals surface area contributed by atoms with Crippen LogP contribution in [0.15, 0.2) is 65.6 Å². The number of hydrazine groups is 1. The van der Waals surface area contributed by atoms with E-state index < -0.39 is 52.8 Å². The molecular formula is C35H30Cl2F8N10O3. The number of halogens is 10. The molecule has 308 valence electrons. The summed E-state index contributed by atoms with van der Waals surface area (Å²) >= 11 is 11.8. The van der Waals surface area contributed by atoms with E-state index in [1.54, 1.807) is 29.7 Å². The van der Waals surface area contributed by atoms with Crippen LogP contribution in [0.4, 0.5) is 47.0 Å². The molecule has 23 heteroatoms. The standard InChI is InChI=1S/C17H14ClF4N5O2.C17H12ClF4N5O.CH4/c18-11-4-1-3-10(12(11)19)16(5-2-6-16)25-15-23-7-9(8-24-15)13(28)26-27-14(29)17(20,21)22;18-11-4-1-3-10(12(11)19)16(5-2-6-16)25-15-23-7-9(8-24-15)13-26-27-14(28-13)17(20,21)22;/h1,3-4,7-8H,2,5-6H2,(H,26,28)(H,27,29)(H,23,24,25);1,3-4,7-8H,2,5-6H2,(H,23,24,25);1H4. The summed E-state index contributed by atoms with van der Waals surface area (Å²) in [5.74, 6) is -5.91. The van der Waals surface area contributed by atoms with Crippen LogP contribution < -0.4 is 21.5 Å². The Hall–Kier alpha value is -5.70. The molecule has 0 unspecified atom stereocenters. The molecule has 7 rings (SSSR count). The minimum absolute atomic E-state index is 0. The number of carbonyl (C=O) groups is 2. The highest BCUT2D eigenvalue weighted by atomic mass is 35.5. The summed E-state index contributed by atoms with van der Waals surface area (Å²) in [6, 6.07) is 9.47. The zero-order valence-electron chi connectivity index (χ0n) is 28.7. The van der Waals surface area contributed by atoms with Gasteiger partial charge in [0.15, 0.2) is 0 Å². The molecule has 2 aliphatic carbocycles. The monoisotopic (exact) mass is 860 g/mol. The molecule has 2 saturated carbocycles. The molecule has 0 saturated heterocycles. The molecule has 0 bridgehead atoms. The molecule has 2 aromatic carbocycles. The lowest BCUT2D eigenvalue weighted by Crippen LogP contribution is -2.47. The van der Waals surface area contributed by atoms with Gasteiger partial charge in [-0.2, -0.15) is 26.3 Å². The average Bonchev–Trinajstić information content (AvgIpc) is 3.65. The van der Waals surface area contributed by atoms with E-state index in [1.165, 1.54) is 30.0 Å². The Kier molecular flexibility index (Phi) is 12.8. The van der Waals surface area contributed by atoms with E-state index in [4.69, 9.17) is 23.2 Å². The van der Waals surface area contributed by atoms with Gasteiger partial charge in [0.05, 0.1) is 32.3 Å². The summed E-state index contributed by atoms with van der Waals surface area (Å²) in [6.07, 6.45) is -0.961. The van der Waals surface area contributed by atoms with Crippen LogP contribution in [-0.2, 0) is 22.0 Å². The first-order valence-electron chi connectivity index (χ1n) is 16.6. The van der Waals surface area contributed by atoms with Gasteiger partial charge in [-0.25, -0.2) is 28.7 Å². The van der Waals surface area contributed by atoms with Crippen molar-refractivity contribution in [2.75, 3.05) is 10.6 Å². The number of benzene rings is 2. The Morgan fingerprint density at radius 1 is 0.690 bits per heavy atom. The average molecular weight is 862 g/mol. The largest absolute Gasteiger partial charge is 0.472 e. The van der Waals surface area contributed by atoms with E-state index in [2.05, 4.69) is 45.2 Å². The molecule has 0 radical (unpaired) electrons. The minimum Gasteiger partial charge on any atom is -0.413 e. The third-order valence-electron chi connectivity index (χ3n) is 9.08. The second-order valence-electron chi connectivity index (χ2n) is 12.7. The van der Waals surface area contributed by atoms with Crippen molar-refractivity contribution in [2.45, 2.75) is 69.4 Å². The molecular weight excluding hydrogens is 831 g/mol. The predicted molar refractivity (Wildman–Crippen MR) is 192 cm³/mol. The second-order valence-corrected chi connectivity index (χ2v) is 13.5. The van der Waals surface area contributed by atoms with Gasteiger partial charge in [0.25, 0.3) is 11.8 Å². The Morgan fingerprint density at radius 3 is 1.55 bits per heavy atom. The lowest BCUT2D eigenvalue weighted by Gasteiger charge is -2.43. The van der Waals surface area contributed by atoms with Crippen molar-refractivity contribution in [2.24, 2.45) is 0 Å². The van der Waals surface area contributed by atoms with Crippen molar-refractivity contribution in [3.05, 3.63) is 105 Å². The van der Waals surface area contributed by atoms with Crippen LogP contribution in [0.25, 0.3) is 11.5 Å². The maximum absolute atomic E-state index is 14.5. The van der Waals surface area contributed by atoms with Gasteiger partial charge in [-0.1, -0.05) is 54.9 Å². The van der Waals surface area contributed by atoms with Gasteiger partial charge in [0, 0.05) is 35.9 Å². The molecule has 5 aromatic rings. The molecule has 2 fully saturated rings. The Balaban J connectivity index is 0.000000217. The lowest BCUT2D eigenvalue weighted by atomic mass is 9.71. The molecule has 13 nitrogen and oxygen atoms in total. The number of aromatic nitrogens is 6. The summed E-state index contributed by atoms with van der Waals surface area (Å²) in [6.45, 7) is 0. The van der Waals surface area contributed by atoms with Crippen LogP contribution in [0.1, 0.15) is 73.3 Å². The van der Waals surface area contributed by atoms with Gasteiger partial charge in [0.2, 0.25) is 11.9 Å². The van der Waals surface area contributed by atoms with Crippen LogP contribution in [0.2, 0.25) is 10.0 Å². The van der Waals surface area contributed by atoms with E-state index >= 15 is 0 Å². The number of alkyl halides is 6. The highest BCUT2D eigenvalue weighted by Gasteiger charge is 2.43. The number of amides is 2. The van der Waals surface area contributed by atoms with Gasteiger partial charge >= 0.3 is 24.2 Å². The van der Waals surface area contributed by atoms with Crippen LogP contribution in [-0.4, -0.2) is 48.1 Å². The fourth-order valence-electron chi connectivity index (χ4n) is 5.88. The summed E-state index contributed by atoms with van der Waals surface area (Å²) in [7, 11) is 0. The van der Waals surface area contributed by atoms with Crippen molar-refractivity contribution in [3.8, 4) is 11.5 Å². The van der Waals surface area contributed by atoms with Gasteiger partial charge in [-0.15, -0.1) is 10.2 Å². The van der Waals surface area contributed by atoms with Crippen molar-refractivity contribution < 1.29 is 49.1 Å². The van der Waals surface area contributed by atoms with Gasteiger partial charge < -0.3 is 15.1 Å². The summed E-state index contributed by atoms with van der Waals surface area (Å²) in [4.78, 5) is 38.6. The van der Waals surface area contributed by atoms with Crippen molar-refractivity contribution in [1.82, 2.24) is 41.0 Å². The topological polar surface area (TPSA) is 173 Å². The van der Waals surface area contributed by atoms with Crippen molar-refractivity contribution >= 4 is 46.9 Å². The molecule has 0 aliphatic heterocycles. The van der Waals surface area contributed by atoms with Gasteiger partial charge in [0.1, 0.15) is 11.6 Å². The quantitative estimate of drug-likeness (QED) is 0.0870. The van der Waals surface area contributed by atoms with Crippen molar-refractivity contribution in [3.63, 3.8) is 0 Å². The Labute approximate surface area is 333 Å². The number of nitrogens with zero attached hydrogens (tertiary/aromatic N) is 6. The Morgan fingerprint density at radius 2 is 1.16 bits per heavy atom. The maximum Gasteiger partial charge on any atom is 0.472 e. The molecule has 58 heavy (non-hydrogen) atoms. The van der Waals surface area contributed by atoms with Crippen LogP contribution >= 0.6 is 23.2 Å². The van der Waals surface area contributed by atoms with E-state index in [0.717, 1.165) is 25.2 Å². The fraction of sp³-hybridized carbons (Fsp3) is 0.314. The normalized spacial score (nSPS) is 15.3. The fourth-order valence-corrected chi connectivity index (χ4v) is 6.23. The van der Waals surface area contributed by atoms with Crippen molar-refractivity contribution in [1.29, 1.82) is 0 Å². The first-order valence-corrected chi connectivity index (χ1v) is 17.3. The highest BCUT2D eigenvalue weighted by molar-refractivity contribution is 6.31. The number of rotatable bonds is 8. The van der Waals surface area contributed by atoms with E-state index in [1.807, 2.05) is 0 Å². The van der Waals surface area contributed by atoms with Gasteiger partial charge in [-0.05, 0) is 50.7 Å². The summed E-state index contributed by atoms with van der Waals surface area (Å²) in [5, 5.41) is 12.5. The minimum atomic E-state index is -5.13. The second kappa shape index (κ2) is 17.0. The number of hydrogen-bond donors (Lipinski definition) is 4. The number of nitrogens with one attached hydrogen (secondary N) is 4. The first-order chi connectivity index (χ1) is 26.9. The molecule has 4 N–H and O–H groups in total. The molecule has 0 atom stereocenters. The third-order valence-corrected chi connectivity index (χ3v) is 9.66. The number of carbonyl (C=O) groups excluding carboxylic acids is 2. The smallest absolute Gasteiger partial charge is 0.413 e. The Bertz CT molecular complexity index is 2250. The van der Waals surface area contributed by atoms with E-state index in [9.17, 15) is 44.7 Å². The summed E-state index contributed by atoms with van der Waals surface area (Å²) < 4.78 is 108. The molecule has 3 aromatic heterocycles. The predicted octanol–water partition coefficient (Wildman–Crippen LogP) is 8.55. The zero-order valence-corrected chi connectivity index (χ0v) is 30.2. The maximum atomic E-state index is 14.5. The summed E-state index contributed by atoms with van der Waals surface area (Å²) in [5.41, 5.74) is 2.15. The van der Waals surface area contributed by atoms with Gasteiger partial charge in [-0.3, -0.25) is 20.4 Å². The van der Waals surface area contributed by atoms with E-state index in [-0.39, 0.29) is 46.4 Å². The molecule has 3 heterocycles.